The van der Waals surface area contributed by atoms with Crippen molar-refractivity contribution < 1.29 is 4.79 Å². The van der Waals surface area contributed by atoms with E-state index in [0.717, 1.165) is 0 Å². The fourth-order valence-electron chi connectivity index (χ4n) is 1.31. The summed E-state index contributed by atoms with van der Waals surface area (Å²) in [5.74, 6) is -0.227. The van der Waals surface area contributed by atoms with Gasteiger partial charge in [0, 0.05) is 11.1 Å². The highest BCUT2D eigenvalue weighted by Crippen LogP contribution is 2.24. The molecule has 0 aromatic heterocycles. The van der Waals surface area contributed by atoms with Crippen molar-refractivity contribution in [2.24, 2.45) is 5.18 Å². The van der Waals surface area contributed by atoms with Gasteiger partial charge in [-0.3, -0.25) is 4.79 Å². The van der Waals surface area contributed by atoms with Crippen LogP contribution in [0.5, 0.6) is 0 Å². The number of hydrogen-bond donors (Lipinski definition) is 1. The topological polar surface area (TPSA) is 58.5 Å². The van der Waals surface area contributed by atoms with Crippen molar-refractivity contribution in [3.05, 3.63) is 40.3 Å². The first kappa shape index (κ1) is 6.97. The van der Waals surface area contributed by atoms with Crippen molar-refractivity contribution in [1.29, 1.82) is 0 Å². The smallest absolute Gasteiger partial charge is 0.253 e. The van der Waals surface area contributed by atoms with Crippen molar-refractivity contribution in [2.45, 2.75) is 6.17 Å². The van der Waals surface area contributed by atoms with Gasteiger partial charge in [-0.2, -0.15) is 0 Å². The van der Waals surface area contributed by atoms with Crippen molar-refractivity contribution in [3.63, 3.8) is 0 Å². The average Bonchev–Trinajstić information content (AvgIpc) is 2.44. The molecule has 2 rings (SSSR count). The zero-order valence-corrected chi connectivity index (χ0v) is 6.15. The van der Waals surface area contributed by atoms with Crippen LogP contribution >= 0.6 is 0 Å². The molecule has 0 bridgehead atoms. The first-order valence-electron chi connectivity index (χ1n) is 3.55. The summed E-state index contributed by atoms with van der Waals surface area (Å²) < 4.78 is 0. The Labute approximate surface area is 68.6 Å². The number of hydrogen-bond acceptors (Lipinski definition) is 3. The molecule has 0 aliphatic carbocycles. The van der Waals surface area contributed by atoms with E-state index in [9.17, 15) is 9.70 Å². The molecular formula is C8H6N2O2. The Morgan fingerprint density at radius 1 is 1.33 bits per heavy atom. The van der Waals surface area contributed by atoms with E-state index in [0.29, 0.717) is 11.1 Å². The zero-order chi connectivity index (χ0) is 8.55. The van der Waals surface area contributed by atoms with Crippen molar-refractivity contribution in [2.75, 3.05) is 0 Å². The van der Waals surface area contributed by atoms with Gasteiger partial charge in [-0.15, -0.1) is 4.91 Å². The number of fused-ring (bicyclic) bond motifs is 1. The lowest BCUT2D eigenvalue weighted by Gasteiger charge is -1.98. The molecule has 4 heteroatoms. The van der Waals surface area contributed by atoms with E-state index in [2.05, 4.69) is 10.5 Å². The Bertz CT molecular complexity index is 349. The molecule has 1 heterocycles. The molecule has 0 spiro atoms. The summed E-state index contributed by atoms with van der Waals surface area (Å²) in [7, 11) is 0. The predicted octanol–water partition coefficient (Wildman–Crippen LogP) is 1.20. The normalized spacial score (nSPS) is 20.0. The van der Waals surface area contributed by atoms with Crippen LogP contribution in [0.2, 0.25) is 0 Å². The van der Waals surface area contributed by atoms with Gasteiger partial charge in [0.05, 0.1) is 0 Å². The molecule has 1 aliphatic rings. The van der Waals surface area contributed by atoms with Gasteiger partial charge in [-0.25, -0.2) is 0 Å². The SMILES string of the molecule is O=NC1NC(=O)c2ccccc21. The van der Waals surface area contributed by atoms with E-state index in [1.807, 2.05) is 0 Å². The number of carbonyl (C=O) groups excluding carboxylic acids is 1. The van der Waals surface area contributed by atoms with Crippen LogP contribution in [0.3, 0.4) is 0 Å². The van der Waals surface area contributed by atoms with Crippen LogP contribution in [0.25, 0.3) is 0 Å². The molecule has 0 radical (unpaired) electrons. The van der Waals surface area contributed by atoms with E-state index < -0.39 is 6.17 Å². The first-order valence-corrected chi connectivity index (χ1v) is 3.55. The number of nitrogens with zero attached hydrogens (tertiary/aromatic N) is 1. The molecule has 4 nitrogen and oxygen atoms in total. The lowest BCUT2D eigenvalue weighted by molar-refractivity contribution is 0.0957. The number of nitroso groups, excluding NO2 is 1. The minimum absolute atomic E-state index is 0.227. The minimum atomic E-state index is -0.700. The van der Waals surface area contributed by atoms with E-state index in [1.54, 1.807) is 24.3 Å². The van der Waals surface area contributed by atoms with Gasteiger partial charge in [0.1, 0.15) is 0 Å². The molecule has 0 fully saturated rings. The third-order valence-electron chi connectivity index (χ3n) is 1.87. The molecule has 1 aromatic carbocycles. The Hall–Kier alpha value is -1.71. The number of carbonyl (C=O) groups is 1. The fraction of sp³-hybridized carbons (Fsp3) is 0.125. The molecule has 0 saturated heterocycles. The molecule has 12 heavy (non-hydrogen) atoms. The summed E-state index contributed by atoms with van der Waals surface area (Å²) in [6.07, 6.45) is -0.700. The quantitative estimate of drug-likeness (QED) is 0.630. The molecule has 1 N–H and O–H groups in total. The predicted molar refractivity (Wildman–Crippen MR) is 42.4 cm³/mol. The molecular weight excluding hydrogens is 156 g/mol. The summed E-state index contributed by atoms with van der Waals surface area (Å²) in [5, 5.41) is 5.25. The maximum absolute atomic E-state index is 11.1. The number of amides is 1. The van der Waals surface area contributed by atoms with Gasteiger partial charge >= 0.3 is 0 Å². The minimum Gasteiger partial charge on any atom is -0.324 e. The highest BCUT2D eigenvalue weighted by molar-refractivity contribution is 5.99. The van der Waals surface area contributed by atoms with Gasteiger partial charge in [-0.1, -0.05) is 18.2 Å². The second kappa shape index (κ2) is 2.41. The fourth-order valence-corrected chi connectivity index (χ4v) is 1.31. The van der Waals surface area contributed by atoms with Crippen LogP contribution < -0.4 is 5.32 Å². The Morgan fingerprint density at radius 2 is 2.08 bits per heavy atom. The molecule has 1 aromatic rings. The molecule has 1 atom stereocenters. The van der Waals surface area contributed by atoms with E-state index in [-0.39, 0.29) is 5.91 Å². The highest BCUT2D eigenvalue weighted by atomic mass is 16.3. The molecule has 60 valence electrons. The molecule has 0 saturated carbocycles. The zero-order valence-electron chi connectivity index (χ0n) is 6.15. The van der Waals surface area contributed by atoms with Gasteiger partial charge in [0.15, 0.2) is 6.17 Å². The standard InChI is InChI=1S/C8H6N2O2/c11-8-6-4-2-1-3-5(6)7(9-8)10-12/h1-4,7H,(H,9,11). The number of rotatable bonds is 1. The molecule has 1 unspecified atom stereocenters. The summed E-state index contributed by atoms with van der Waals surface area (Å²) in [5.41, 5.74) is 1.21. The number of benzene rings is 1. The Morgan fingerprint density at radius 3 is 2.83 bits per heavy atom. The van der Waals surface area contributed by atoms with Crippen LogP contribution in [0.4, 0.5) is 0 Å². The van der Waals surface area contributed by atoms with Gasteiger partial charge in [0.25, 0.3) is 5.91 Å². The Balaban J connectivity index is 2.57. The van der Waals surface area contributed by atoms with E-state index in [1.165, 1.54) is 0 Å². The van der Waals surface area contributed by atoms with Crippen molar-refractivity contribution >= 4 is 5.91 Å². The molecule has 1 amide bonds. The third kappa shape index (κ3) is 0.812. The van der Waals surface area contributed by atoms with Crippen LogP contribution in [0, 0.1) is 4.91 Å². The van der Waals surface area contributed by atoms with Crippen molar-refractivity contribution in [1.82, 2.24) is 5.32 Å². The van der Waals surface area contributed by atoms with Crippen LogP contribution in [-0.4, -0.2) is 5.91 Å². The second-order valence-corrected chi connectivity index (χ2v) is 2.57. The van der Waals surface area contributed by atoms with Crippen LogP contribution in [0.1, 0.15) is 22.1 Å². The largest absolute Gasteiger partial charge is 0.324 e. The molecule has 1 aliphatic heterocycles. The summed E-state index contributed by atoms with van der Waals surface area (Å²) in [6.45, 7) is 0. The monoisotopic (exact) mass is 162 g/mol. The van der Waals surface area contributed by atoms with Crippen LogP contribution in [-0.2, 0) is 0 Å². The highest BCUT2D eigenvalue weighted by Gasteiger charge is 2.28. The number of nitrogens with one attached hydrogen (secondary N) is 1. The summed E-state index contributed by atoms with van der Waals surface area (Å²) in [6, 6.07) is 6.93. The maximum Gasteiger partial charge on any atom is 0.253 e. The van der Waals surface area contributed by atoms with Gasteiger partial charge in [0.2, 0.25) is 0 Å². The van der Waals surface area contributed by atoms with Gasteiger partial charge in [-0.05, 0) is 11.2 Å². The summed E-state index contributed by atoms with van der Waals surface area (Å²) in [4.78, 5) is 21.4. The Kier molecular flexibility index (Phi) is 1.40. The summed E-state index contributed by atoms with van der Waals surface area (Å²) >= 11 is 0. The third-order valence-corrected chi connectivity index (χ3v) is 1.87. The average molecular weight is 162 g/mol. The maximum atomic E-state index is 11.1. The van der Waals surface area contributed by atoms with Gasteiger partial charge < -0.3 is 5.32 Å². The van der Waals surface area contributed by atoms with E-state index >= 15 is 0 Å². The van der Waals surface area contributed by atoms with E-state index in [4.69, 9.17) is 0 Å². The second-order valence-electron chi connectivity index (χ2n) is 2.57. The lowest BCUT2D eigenvalue weighted by atomic mass is 10.1. The lowest BCUT2D eigenvalue weighted by Crippen LogP contribution is -2.16. The van der Waals surface area contributed by atoms with Crippen molar-refractivity contribution in [3.8, 4) is 0 Å². The first-order chi connectivity index (χ1) is 5.83. The van der Waals surface area contributed by atoms with Crippen LogP contribution in [0.15, 0.2) is 29.4 Å².